The summed E-state index contributed by atoms with van der Waals surface area (Å²) in [5, 5.41) is 23.5. The van der Waals surface area contributed by atoms with Crippen molar-refractivity contribution < 1.29 is 24.7 Å². The fourth-order valence-electron chi connectivity index (χ4n) is 4.27. The second kappa shape index (κ2) is 6.91. The van der Waals surface area contributed by atoms with Crippen LogP contribution in [0.2, 0.25) is 0 Å². The van der Waals surface area contributed by atoms with E-state index in [-0.39, 0.29) is 17.2 Å². The number of carbonyl (C=O) groups is 1. The Balaban J connectivity index is 1.76. The molecule has 0 aromatic heterocycles. The van der Waals surface area contributed by atoms with Gasteiger partial charge in [0.2, 0.25) is 0 Å². The van der Waals surface area contributed by atoms with Gasteiger partial charge in [-0.25, -0.2) is 9.90 Å². The van der Waals surface area contributed by atoms with Crippen LogP contribution < -0.4 is 0 Å². The lowest BCUT2D eigenvalue weighted by molar-refractivity contribution is -0.290. The Morgan fingerprint density at radius 1 is 1.26 bits per heavy atom. The predicted molar refractivity (Wildman–Crippen MR) is 97.7 cm³/mol. The molecule has 1 aromatic carbocycles. The third-order valence-corrected chi connectivity index (χ3v) is 5.79. The fourth-order valence-corrected chi connectivity index (χ4v) is 4.27. The number of carbonyl (C=O) groups excluding carboxylic acids is 1. The third-order valence-electron chi connectivity index (χ3n) is 5.79. The van der Waals surface area contributed by atoms with Crippen LogP contribution in [0.5, 0.6) is 0 Å². The number of hydroxylamine groups is 4. The van der Waals surface area contributed by atoms with E-state index < -0.39 is 11.8 Å². The lowest BCUT2D eigenvalue weighted by atomic mass is 9.85. The van der Waals surface area contributed by atoms with Crippen molar-refractivity contribution in [3.05, 3.63) is 40.6 Å². The Morgan fingerprint density at radius 2 is 2.00 bits per heavy atom. The molecule has 2 N–H and O–H groups in total. The van der Waals surface area contributed by atoms with E-state index in [1.807, 2.05) is 32.0 Å². The summed E-state index contributed by atoms with van der Waals surface area (Å²) in [5.74, 6) is -0.313. The topological polar surface area (TPSA) is 82.5 Å². The number of aliphatic hydroxyl groups is 1. The van der Waals surface area contributed by atoms with Gasteiger partial charge in [-0.2, -0.15) is 5.06 Å². The smallest absolute Gasteiger partial charge is 0.282 e. The normalized spacial score (nSPS) is 25.8. The van der Waals surface area contributed by atoms with Crippen LogP contribution in [0, 0.1) is 13.8 Å². The van der Waals surface area contributed by atoms with Gasteiger partial charge in [0.05, 0.1) is 12.2 Å². The van der Waals surface area contributed by atoms with E-state index in [4.69, 9.17) is 9.57 Å². The summed E-state index contributed by atoms with van der Waals surface area (Å²) in [7, 11) is 0. The molecule has 4 rings (SSSR count). The van der Waals surface area contributed by atoms with E-state index >= 15 is 0 Å². The van der Waals surface area contributed by atoms with E-state index in [9.17, 15) is 15.1 Å². The zero-order valence-corrected chi connectivity index (χ0v) is 15.8. The van der Waals surface area contributed by atoms with Crippen molar-refractivity contribution in [1.29, 1.82) is 0 Å². The second-order valence-corrected chi connectivity index (χ2v) is 7.67. The van der Waals surface area contributed by atoms with Gasteiger partial charge in [-0.1, -0.05) is 23.8 Å². The van der Waals surface area contributed by atoms with Crippen LogP contribution in [0.15, 0.2) is 24.0 Å². The van der Waals surface area contributed by atoms with Crippen LogP contribution in [0.4, 0.5) is 0 Å². The minimum absolute atomic E-state index is 0.0329. The van der Waals surface area contributed by atoms with Crippen molar-refractivity contribution in [2.75, 3.05) is 19.7 Å². The molecule has 3 aliphatic heterocycles. The number of aryl methyl sites for hydroxylation is 2. The molecule has 2 fully saturated rings. The minimum atomic E-state index is -0.963. The number of rotatable bonds is 3. The molecule has 1 spiro atoms. The van der Waals surface area contributed by atoms with Crippen LogP contribution in [-0.4, -0.2) is 57.9 Å². The lowest BCUT2D eigenvalue weighted by Gasteiger charge is -2.42. The van der Waals surface area contributed by atoms with Gasteiger partial charge in [-0.15, -0.1) is 0 Å². The first-order valence-corrected chi connectivity index (χ1v) is 9.50. The van der Waals surface area contributed by atoms with Gasteiger partial charge in [0.1, 0.15) is 11.3 Å². The standard InChI is InChI=1S/C20H26N2O5/c1-13-5-6-15(14(2)12-13)17-18(23)20(7-9-21(25)10-8-20)22(19(17)24)27-16-4-3-11-26-16/h5-6,12,16,23,25H,3-4,7-11H2,1-2H3. The van der Waals surface area contributed by atoms with Crippen molar-refractivity contribution in [1.82, 2.24) is 10.1 Å². The average molecular weight is 374 g/mol. The number of amides is 1. The summed E-state index contributed by atoms with van der Waals surface area (Å²) in [6.07, 6.45) is 1.90. The largest absolute Gasteiger partial charge is 0.509 e. The highest BCUT2D eigenvalue weighted by Crippen LogP contribution is 2.46. The van der Waals surface area contributed by atoms with Crippen molar-refractivity contribution in [2.45, 2.75) is 51.4 Å². The number of hydrogen-bond donors (Lipinski definition) is 2. The monoisotopic (exact) mass is 374 g/mol. The minimum Gasteiger partial charge on any atom is -0.509 e. The molecule has 0 bridgehead atoms. The number of ether oxygens (including phenoxy) is 1. The van der Waals surface area contributed by atoms with E-state index in [0.29, 0.717) is 44.5 Å². The van der Waals surface area contributed by atoms with Crippen molar-refractivity contribution in [2.24, 2.45) is 0 Å². The van der Waals surface area contributed by atoms with Crippen LogP contribution in [0.25, 0.3) is 5.57 Å². The third kappa shape index (κ3) is 3.04. The molecule has 1 unspecified atom stereocenters. The number of hydrogen-bond acceptors (Lipinski definition) is 6. The van der Waals surface area contributed by atoms with Gasteiger partial charge in [0.25, 0.3) is 5.91 Å². The number of aliphatic hydroxyl groups excluding tert-OH is 1. The fraction of sp³-hybridized carbons (Fsp3) is 0.550. The molecule has 3 aliphatic rings. The summed E-state index contributed by atoms with van der Waals surface area (Å²) in [4.78, 5) is 19.3. The maximum absolute atomic E-state index is 13.3. The Kier molecular flexibility index (Phi) is 4.71. The Labute approximate surface area is 158 Å². The highest BCUT2D eigenvalue weighted by molar-refractivity contribution is 6.23. The number of piperidine rings is 1. The molecule has 1 atom stereocenters. The highest BCUT2D eigenvalue weighted by atomic mass is 16.8. The summed E-state index contributed by atoms with van der Waals surface area (Å²) >= 11 is 0. The Bertz CT molecular complexity index is 777. The summed E-state index contributed by atoms with van der Waals surface area (Å²) in [6.45, 7) is 5.23. The summed E-state index contributed by atoms with van der Waals surface area (Å²) in [5.41, 5.74) is 2.06. The van der Waals surface area contributed by atoms with E-state index in [1.165, 1.54) is 10.1 Å². The quantitative estimate of drug-likeness (QED) is 0.847. The van der Waals surface area contributed by atoms with Crippen molar-refractivity contribution in [3.63, 3.8) is 0 Å². The predicted octanol–water partition coefficient (Wildman–Crippen LogP) is 2.71. The lowest BCUT2D eigenvalue weighted by Crippen LogP contribution is -2.55. The Hall–Kier alpha value is -1.93. The van der Waals surface area contributed by atoms with Crippen LogP contribution in [0.1, 0.15) is 42.4 Å². The molecule has 1 amide bonds. The van der Waals surface area contributed by atoms with Crippen LogP contribution in [0.3, 0.4) is 0 Å². The van der Waals surface area contributed by atoms with Gasteiger partial charge >= 0.3 is 0 Å². The van der Waals surface area contributed by atoms with E-state index in [0.717, 1.165) is 17.5 Å². The second-order valence-electron chi connectivity index (χ2n) is 7.67. The first-order valence-electron chi connectivity index (χ1n) is 9.50. The molecule has 7 nitrogen and oxygen atoms in total. The molecule has 3 heterocycles. The zero-order chi connectivity index (χ0) is 19.2. The molecule has 0 saturated carbocycles. The van der Waals surface area contributed by atoms with E-state index in [2.05, 4.69) is 0 Å². The van der Waals surface area contributed by atoms with E-state index in [1.54, 1.807) is 0 Å². The Morgan fingerprint density at radius 3 is 2.63 bits per heavy atom. The molecule has 0 radical (unpaired) electrons. The number of benzene rings is 1. The SMILES string of the molecule is Cc1ccc(C2=C(O)C3(CCN(O)CC3)N(OC3CCCO3)C2=O)c(C)c1. The van der Waals surface area contributed by atoms with Gasteiger partial charge in [-0.05, 0) is 44.2 Å². The number of nitrogens with zero attached hydrogens (tertiary/aromatic N) is 2. The average Bonchev–Trinajstić information content (AvgIpc) is 3.21. The first-order chi connectivity index (χ1) is 12.9. The van der Waals surface area contributed by atoms with Gasteiger partial charge in [-0.3, -0.25) is 4.79 Å². The van der Waals surface area contributed by atoms with Crippen LogP contribution >= 0.6 is 0 Å². The molecule has 146 valence electrons. The van der Waals surface area contributed by atoms with Gasteiger partial charge in [0, 0.05) is 19.5 Å². The maximum Gasteiger partial charge on any atom is 0.282 e. The first kappa shape index (κ1) is 18.4. The molecule has 2 saturated heterocycles. The molecular weight excluding hydrogens is 348 g/mol. The molecule has 27 heavy (non-hydrogen) atoms. The van der Waals surface area contributed by atoms with Crippen molar-refractivity contribution >= 4 is 11.5 Å². The highest BCUT2D eigenvalue weighted by Gasteiger charge is 2.56. The summed E-state index contributed by atoms with van der Waals surface area (Å²) in [6, 6.07) is 5.80. The van der Waals surface area contributed by atoms with Crippen LogP contribution in [-0.2, 0) is 14.4 Å². The van der Waals surface area contributed by atoms with Gasteiger partial charge < -0.3 is 15.1 Å². The maximum atomic E-state index is 13.3. The molecular formula is C20H26N2O5. The summed E-state index contributed by atoms with van der Waals surface area (Å²) < 4.78 is 5.56. The van der Waals surface area contributed by atoms with Gasteiger partial charge in [0.15, 0.2) is 6.29 Å². The molecule has 7 heteroatoms. The molecule has 0 aliphatic carbocycles. The zero-order valence-electron chi connectivity index (χ0n) is 15.8. The molecule has 1 aromatic rings. The van der Waals surface area contributed by atoms with Crippen molar-refractivity contribution in [3.8, 4) is 0 Å².